The van der Waals surface area contributed by atoms with Crippen molar-refractivity contribution in [1.29, 1.82) is 0 Å². The third-order valence-corrected chi connectivity index (χ3v) is 2.42. The molecule has 0 saturated heterocycles. The molecule has 2 aromatic rings. The monoisotopic (exact) mass is 207 g/mol. The lowest BCUT2D eigenvalue weighted by Gasteiger charge is -2.07. The molecule has 0 aliphatic carbocycles. The highest BCUT2D eigenvalue weighted by atomic mass is 35.5. The summed E-state index contributed by atoms with van der Waals surface area (Å²) < 4.78 is 0. The summed E-state index contributed by atoms with van der Waals surface area (Å²) in [6, 6.07) is 6.78. The lowest BCUT2D eigenvalue weighted by molar-refractivity contribution is 1.41. The number of rotatable bonds is 1. The predicted octanol–water partition coefficient (Wildman–Crippen LogP) is 1.19. The van der Waals surface area contributed by atoms with Crippen molar-refractivity contribution in [2.24, 2.45) is 0 Å². The summed E-state index contributed by atoms with van der Waals surface area (Å²) in [7, 11) is 0. The molecule has 4 heteroatoms. The van der Waals surface area contributed by atoms with Gasteiger partial charge in [-0.2, -0.15) is 0 Å². The van der Waals surface area contributed by atoms with E-state index < -0.39 is 10.9 Å². The van der Waals surface area contributed by atoms with E-state index in [0.29, 0.717) is 10.6 Å². The Labute approximate surface area is 84.4 Å². The molecule has 0 saturated carbocycles. The van der Waals surface area contributed by atoms with Crippen LogP contribution in [0, 0.1) is 0 Å². The molecule has 2 rings (SSSR count). The van der Waals surface area contributed by atoms with Crippen molar-refractivity contribution in [3.8, 4) is 11.1 Å². The maximum absolute atomic E-state index is 11.2. The molecular formula is C10H6ClNO2. The zero-order valence-electron chi connectivity index (χ0n) is 7.08. The van der Waals surface area contributed by atoms with E-state index in [1.165, 1.54) is 0 Å². The van der Waals surface area contributed by atoms with Crippen LogP contribution in [-0.2, 0) is 0 Å². The van der Waals surface area contributed by atoms with Crippen LogP contribution in [0.5, 0.6) is 0 Å². The second-order valence-corrected chi connectivity index (χ2v) is 3.33. The molecule has 70 valence electrons. The smallest absolute Gasteiger partial charge is 0.249 e. The normalized spacial score (nSPS) is 10.6. The largest absolute Gasteiger partial charge is 0.395 e. The minimum absolute atomic E-state index is 0.00287. The summed E-state index contributed by atoms with van der Waals surface area (Å²) in [5.74, 6) is 0. The van der Waals surface area contributed by atoms with E-state index in [1.807, 2.05) is 0 Å². The first kappa shape index (κ1) is 8.97. The fraction of sp³-hybridized carbons (Fsp3) is 0. The molecule has 0 spiro atoms. The summed E-state index contributed by atoms with van der Waals surface area (Å²) in [6.07, 6.45) is 0. The SMILES string of the molecule is Nc1c(-c2ccccc2Cl)c(=O)c1=O. The molecule has 0 unspecified atom stereocenters. The van der Waals surface area contributed by atoms with Crippen LogP contribution in [0.3, 0.4) is 0 Å². The van der Waals surface area contributed by atoms with Crippen LogP contribution in [0.25, 0.3) is 11.1 Å². The van der Waals surface area contributed by atoms with Gasteiger partial charge in [-0.3, -0.25) is 9.59 Å². The maximum Gasteiger partial charge on any atom is 0.249 e. The van der Waals surface area contributed by atoms with Gasteiger partial charge in [0.05, 0.1) is 11.3 Å². The van der Waals surface area contributed by atoms with Crippen LogP contribution >= 0.6 is 11.6 Å². The number of anilines is 1. The molecule has 0 bridgehead atoms. The van der Waals surface area contributed by atoms with Crippen LogP contribution < -0.4 is 16.6 Å². The lowest BCUT2D eigenvalue weighted by Crippen LogP contribution is -2.35. The van der Waals surface area contributed by atoms with E-state index in [0.717, 1.165) is 0 Å². The van der Waals surface area contributed by atoms with Crippen LogP contribution in [-0.4, -0.2) is 0 Å². The second-order valence-electron chi connectivity index (χ2n) is 2.93. The summed E-state index contributed by atoms with van der Waals surface area (Å²) in [5.41, 5.74) is 4.99. The highest BCUT2D eigenvalue weighted by Gasteiger charge is 2.20. The highest BCUT2D eigenvalue weighted by Crippen LogP contribution is 2.28. The molecule has 14 heavy (non-hydrogen) atoms. The minimum atomic E-state index is -0.625. The third kappa shape index (κ3) is 1.06. The number of hydrogen-bond acceptors (Lipinski definition) is 3. The molecule has 0 aliphatic heterocycles. The molecule has 3 nitrogen and oxygen atoms in total. The van der Waals surface area contributed by atoms with Crippen LogP contribution in [0.4, 0.5) is 5.69 Å². The maximum atomic E-state index is 11.2. The quantitative estimate of drug-likeness (QED) is 0.715. The van der Waals surface area contributed by atoms with Gasteiger partial charge in [-0.05, 0) is 6.07 Å². The Kier molecular flexibility index (Phi) is 1.89. The molecular weight excluding hydrogens is 202 g/mol. The van der Waals surface area contributed by atoms with Crippen molar-refractivity contribution < 1.29 is 0 Å². The standard InChI is InChI=1S/C10H6ClNO2/c11-6-4-2-1-3-5(6)7-8(12)10(14)9(7)13/h1-4H,12H2. The van der Waals surface area contributed by atoms with Crippen molar-refractivity contribution in [3.63, 3.8) is 0 Å². The molecule has 0 aliphatic rings. The molecule has 0 atom stereocenters. The van der Waals surface area contributed by atoms with E-state index in [4.69, 9.17) is 17.3 Å². The van der Waals surface area contributed by atoms with Gasteiger partial charge in [0, 0.05) is 10.6 Å². The van der Waals surface area contributed by atoms with Crippen LogP contribution in [0.1, 0.15) is 0 Å². The van der Waals surface area contributed by atoms with Crippen molar-refractivity contribution >= 4 is 17.3 Å². The molecule has 2 N–H and O–H groups in total. The van der Waals surface area contributed by atoms with Gasteiger partial charge in [-0.25, -0.2) is 0 Å². The predicted molar refractivity (Wildman–Crippen MR) is 56.2 cm³/mol. The van der Waals surface area contributed by atoms with Crippen molar-refractivity contribution in [3.05, 3.63) is 49.7 Å². The first-order valence-electron chi connectivity index (χ1n) is 3.96. The second kappa shape index (κ2) is 2.96. The summed E-state index contributed by atoms with van der Waals surface area (Å²) in [5, 5.41) is 0.423. The molecule has 0 radical (unpaired) electrons. The fourth-order valence-electron chi connectivity index (χ4n) is 1.34. The number of halogens is 1. The van der Waals surface area contributed by atoms with Crippen molar-refractivity contribution in [2.45, 2.75) is 0 Å². The average Bonchev–Trinajstić information content (AvgIpc) is 2.21. The van der Waals surface area contributed by atoms with Gasteiger partial charge < -0.3 is 5.73 Å². The molecule has 0 amide bonds. The Morgan fingerprint density at radius 3 is 2.29 bits per heavy atom. The zero-order valence-corrected chi connectivity index (χ0v) is 7.84. The number of hydrogen-bond donors (Lipinski definition) is 1. The number of benzene rings is 1. The average molecular weight is 208 g/mol. The van der Waals surface area contributed by atoms with Gasteiger partial charge in [-0.15, -0.1) is 0 Å². The van der Waals surface area contributed by atoms with Gasteiger partial charge in [0.15, 0.2) is 0 Å². The van der Waals surface area contributed by atoms with Crippen LogP contribution in [0.15, 0.2) is 33.9 Å². The van der Waals surface area contributed by atoms with E-state index in [2.05, 4.69) is 0 Å². The van der Waals surface area contributed by atoms with Crippen molar-refractivity contribution in [2.75, 3.05) is 5.73 Å². The summed E-state index contributed by atoms with van der Waals surface area (Å²) in [4.78, 5) is 22.1. The molecule has 0 heterocycles. The van der Waals surface area contributed by atoms with Gasteiger partial charge in [0.25, 0.3) is 0 Å². The Balaban J connectivity index is 2.69. The topological polar surface area (TPSA) is 60.2 Å². The van der Waals surface area contributed by atoms with E-state index in [-0.39, 0.29) is 11.3 Å². The highest BCUT2D eigenvalue weighted by molar-refractivity contribution is 6.33. The summed E-state index contributed by atoms with van der Waals surface area (Å²) in [6.45, 7) is 0. The summed E-state index contributed by atoms with van der Waals surface area (Å²) >= 11 is 5.86. The van der Waals surface area contributed by atoms with Gasteiger partial charge in [-0.1, -0.05) is 29.8 Å². The Hall–Kier alpha value is -1.61. The first-order chi connectivity index (χ1) is 6.63. The minimum Gasteiger partial charge on any atom is -0.395 e. The lowest BCUT2D eigenvalue weighted by atomic mass is 9.99. The first-order valence-corrected chi connectivity index (χ1v) is 4.34. The van der Waals surface area contributed by atoms with E-state index in [1.54, 1.807) is 24.3 Å². The van der Waals surface area contributed by atoms with Crippen molar-refractivity contribution in [1.82, 2.24) is 0 Å². The zero-order chi connectivity index (χ0) is 10.3. The van der Waals surface area contributed by atoms with E-state index in [9.17, 15) is 9.59 Å². The van der Waals surface area contributed by atoms with Gasteiger partial charge >= 0.3 is 0 Å². The van der Waals surface area contributed by atoms with Gasteiger partial charge in [0.2, 0.25) is 10.9 Å². The van der Waals surface area contributed by atoms with E-state index >= 15 is 0 Å². The number of nitrogen functional groups attached to an aromatic ring is 1. The molecule has 0 aromatic heterocycles. The Bertz CT molecular complexity index is 567. The molecule has 0 fully saturated rings. The molecule has 2 aromatic carbocycles. The third-order valence-electron chi connectivity index (χ3n) is 2.09. The number of nitrogens with two attached hydrogens (primary N) is 1. The Morgan fingerprint density at radius 2 is 1.71 bits per heavy atom. The Morgan fingerprint density at radius 1 is 1.07 bits per heavy atom. The fourth-order valence-corrected chi connectivity index (χ4v) is 1.57. The van der Waals surface area contributed by atoms with Crippen LogP contribution in [0.2, 0.25) is 5.02 Å². The van der Waals surface area contributed by atoms with Gasteiger partial charge in [0.1, 0.15) is 0 Å².